The van der Waals surface area contributed by atoms with E-state index in [-0.39, 0.29) is 24.4 Å². The molecule has 0 atom stereocenters. The summed E-state index contributed by atoms with van der Waals surface area (Å²) < 4.78 is 20.0. The van der Waals surface area contributed by atoms with E-state index in [0.29, 0.717) is 35.6 Å². The van der Waals surface area contributed by atoms with Crippen LogP contribution in [0.2, 0.25) is 0 Å². The van der Waals surface area contributed by atoms with Crippen LogP contribution in [0, 0.1) is 0 Å². The molecule has 2 aromatic carbocycles. The van der Waals surface area contributed by atoms with E-state index in [1.807, 2.05) is 62.1 Å². The highest BCUT2D eigenvalue weighted by molar-refractivity contribution is 5.85. The fourth-order valence-electron chi connectivity index (χ4n) is 7.22. The second-order valence-electron chi connectivity index (χ2n) is 15.0. The number of carbonyl (C=O) groups excluding carboxylic acids is 1. The highest BCUT2D eigenvalue weighted by Crippen LogP contribution is 2.32. The van der Waals surface area contributed by atoms with E-state index < -0.39 is 5.60 Å². The third-order valence-corrected chi connectivity index (χ3v) is 10.3. The van der Waals surface area contributed by atoms with Gasteiger partial charge in [0.2, 0.25) is 11.8 Å². The number of likely N-dealkylation sites (tertiary alicyclic amines) is 2. The van der Waals surface area contributed by atoms with Crippen molar-refractivity contribution in [1.29, 1.82) is 0 Å². The van der Waals surface area contributed by atoms with Gasteiger partial charge in [-0.25, -0.2) is 4.79 Å². The molecule has 0 aliphatic carbocycles. The minimum atomic E-state index is -0.456. The van der Waals surface area contributed by atoms with Crippen molar-refractivity contribution in [2.24, 2.45) is 0 Å². The Hall–Kier alpha value is -4.86. The summed E-state index contributed by atoms with van der Waals surface area (Å²) in [6.07, 6.45) is 3.44. The largest absolute Gasteiger partial charge is 0.444 e. The van der Waals surface area contributed by atoms with E-state index in [0.717, 1.165) is 98.1 Å². The van der Waals surface area contributed by atoms with Crippen LogP contribution in [-0.4, -0.2) is 107 Å². The summed E-state index contributed by atoms with van der Waals surface area (Å²) in [6, 6.07) is 16.7. The van der Waals surface area contributed by atoms with E-state index in [1.54, 1.807) is 9.36 Å². The average Bonchev–Trinajstić information content (AvgIpc) is 3.92. The van der Waals surface area contributed by atoms with Crippen LogP contribution >= 0.6 is 12.4 Å². The molecular formula is C38H48ClN11O4. The van der Waals surface area contributed by atoms with Crippen LogP contribution in [0.25, 0.3) is 33.7 Å². The van der Waals surface area contributed by atoms with Crippen molar-refractivity contribution in [3.63, 3.8) is 0 Å². The van der Waals surface area contributed by atoms with Crippen molar-refractivity contribution in [3.05, 3.63) is 71.7 Å². The normalized spacial score (nSPS) is 17.2. The molecule has 15 nitrogen and oxygen atoms in total. The highest BCUT2D eigenvalue weighted by atomic mass is 35.5. The third kappa shape index (κ3) is 7.44. The molecule has 0 bridgehead atoms. The zero-order chi connectivity index (χ0) is 36.7. The number of ether oxygens (including phenoxy) is 1. The number of piperidine rings is 1. The summed E-state index contributed by atoms with van der Waals surface area (Å²) in [7, 11) is 0. The Labute approximate surface area is 319 Å². The second kappa shape index (κ2) is 15.5. The summed E-state index contributed by atoms with van der Waals surface area (Å²) in [5.41, 5.74) is 3.64. The summed E-state index contributed by atoms with van der Waals surface area (Å²) in [5, 5.41) is 23.1. The molecule has 7 heterocycles. The number of amides is 1. The molecule has 286 valence electrons. The van der Waals surface area contributed by atoms with Crippen molar-refractivity contribution in [1.82, 2.24) is 55.0 Å². The zero-order valence-electron chi connectivity index (χ0n) is 31.4. The zero-order valence-corrected chi connectivity index (χ0v) is 32.3. The molecule has 9 rings (SSSR count). The summed E-state index contributed by atoms with van der Waals surface area (Å²) in [4.78, 5) is 25.7. The number of nitrogens with zero attached hydrogens (tertiary/aromatic N) is 10. The van der Waals surface area contributed by atoms with E-state index >= 15 is 0 Å². The first kappa shape index (κ1) is 37.5. The van der Waals surface area contributed by atoms with Gasteiger partial charge in [-0.2, -0.15) is 29.5 Å². The highest BCUT2D eigenvalue weighted by Gasteiger charge is 2.39. The number of aromatic nitrogens is 8. The first-order valence-corrected chi connectivity index (χ1v) is 18.7. The van der Waals surface area contributed by atoms with Gasteiger partial charge >= 0.3 is 6.09 Å². The van der Waals surface area contributed by atoms with Gasteiger partial charge in [0.05, 0.1) is 34.3 Å². The molecule has 3 aliphatic heterocycles. The molecule has 1 amide bonds. The summed E-state index contributed by atoms with van der Waals surface area (Å²) in [5.74, 6) is 2.94. The SMILES string of the molecule is CCc1nn(-c2noc(C3CN(C4CCN(C(=O)OC(C)(C)C)CC4)C3)n2)c2ccccc12.CCc1nn(-c2noc(C3CNC3)n2)c2ccccc12.Cl. The van der Waals surface area contributed by atoms with Gasteiger partial charge in [0.1, 0.15) is 5.60 Å². The third-order valence-electron chi connectivity index (χ3n) is 10.3. The van der Waals surface area contributed by atoms with Crippen LogP contribution in [-0.2, 0) is 17.6 Å². The fourth-order valence-corrected chi connectivity index (χ4v) is 7.22. The second-order valence-corrected chi connectivity index (χ2v) is 15.0. The Balaban J connectivity index is 0.000000183. The Morgan fingerprint density at radius 2 is 1.30 bits per heavy atom. The Kier molecular flexibility index (Phi) is 10.7. The maximum Gasteiger partial charge on any atom is 0.410 e. The number of para-hydroxylation sites is 2. The van der Waals surface area contributed by atoms with Gasteiger partial charge in [-0.05, 0) is 68.9 Å². The lowest BCUT2D eigenvalue weighted by Crippen LogP contribution is -2.55. The quantitative estimate of drug-likeness (QED) is 0.208. The van der Waals surface area contributed by atoms with Crippen molar-refractivity contribution in [3.8, 4) is 11.9 Å². The molecule has 6 aromatic rings. The molecule has 3 aliphatic rings. The average molecular weight is 758 g/mol. The molecule has 0 saturated carbocycles. The Bertz CT molecular complexity index is 2200. The van der Waals surface area contributed by atoms with Crippen LogP contribution in [0.5, 0.6) is 0 Å². The number of nitrogens with one attached hydrogen (secondary N) is 1. The minimum absolute atomic E-state index is 0. The molecule has 1 N–H and O–H groups in total. The van der Waals surface area contributed by atoms with Crippen LogP contribution < -0.4 is 5.32 Å². The molecule has 3 fully saturated rings. The maximum absolute atomic E-state index is 12.3. The maximum atomic E-state index is 12.3. The number of hydrogen-bond donors (Lipinski definition) is 1. The van der Waals surface area contributed by atoms with Gasteiger partial charge in [-0.1, -0.05) is 50.2 Å². The van der Waals surface area contributed by atoms with Gasteiger partial charge in [-0.15, -0.1) is 12.4 Å². The molecule has 0 radical (unpaired) electrons. The van der Waals surface area contributed by atoms with E-state index in [2.05, 4.69) is 61.6 Å². The molecular weight excluding hydrogens is 710 g/mol. The Morgan fingerprint density at radius 1 is 0.796 bits per heavy atom. The van der Waals surface area contributed by atoms with Crippen LogP contribution in [0.4, 0.5) is 4.79 Å². The van der Waals surface area contributed by atoms with Crippen molar-refractivity contribution in [2.75, 3.05) is 39.3 Å². The molecule has 4 aromatic heterocycles. The molecule has 0 spiro atoms. The van der Waals surface area contributed by atoms with Gasteiger partial charge in [-0.3, -0.25) is 4.90 Å². The monoisotopic (exact) mass is 757 g/mol. The van der Waals surface area contributed by atoms with Crippen molar-refractivity contribution in [2.45, 2.75) is 83.8 Å². The number of halogens is 1. The van der Waals surface area contributed by atoms with Crippen LogP contribution in [0.1, 0.15) is 82.5 Å². The molecule has 0 unspecified atom stereocenters. The van der Waals surface area contributed by atoms with Gasteiger partial charge in [0.15, 0.2) is 0 Å². The van der Waals surface area contributed by atoms with E-state index in [1.165, 1.54) is 0 Å². The number of benzene rings is 2. The number of aryl methyl sites for hydroxylation is 2. The lowest BCUT2D eigenvalue weighted by molar-refractivity contribution is 0.00384. The first-order valence-electron chi connectivity index (χ1n) is 18.7. The predicted molar refractivity (Wildman–Crippen MR) is 205 cm³/mol. The molecule has 54 heavy (non-hydrogen) atoms. The van der Waals surface area contributed by atoms with Gasteiger partial charge < -0.3 is 24.0 Å². The summed E-state index contributed by atoms with van der Waals surface area (Å²) >= 11 is 0. The molecule has 3 saturated heterocycles. The van der Waals surface area contributed by atoms with Crippen LogP contribution in [0.3, 0.4) is 0 Å². The molecule has 16 heteroatoms. The predicted octanol–water partition coefficient (Wildman–Crippen LogP) is 5.85. The van der Waals surface area contributed by atoms with Crippen LogP contribution in [0.15, 0.2) is 57.6 Å². The number of carbonyl (C=O) groups is 1. The minimum Gasteiger partial charge on any atom is -0.444 e. The summed E-state index contributed by atoms with van der Waals surface area (Å²) in [6.45, 7) is 15.0. The number of fused-ring (bicyclic) bond motifs is 2. The topological polar surface area (TPSA) is 158 Å². The van der Waals surface area contributed by atoms with E-state index in [9.17, 15) is 4.79 Å². The standard InChI is InChI=1S/C24H32N6O3.C14H15N5O.ClH/c1-5-19-18-8-6-7-9-20(18)30(26-19)22-25-21(33-27-22)16-14-29(15-16)17-10-12-28(13-11-17)23(31)32-24(2,3)4;1-2-11-10-5-3-4-6-12(10)19(17-11)14-16-13(20-18-14)9-7-15-8-9;/h6-9,16-17H,5,10-15H2,1-4H3;3-6,9,15H,2,7-8H2,1H3;1H. The number of rotatable bonds is 7. The fraction of sp³-hybridized carbons (Fsp3) is 0.500. The lowest BCUT2D eigenvalue weighted by atomic mass is 9.93. The van der Waals surface area contributed by atoms with Gasteiger partial charge in [0.25, 0.3) is 11.9 Å². The van der Waals surface area contributed by atoms with Gasteiger partial charge in [0, 0.05) is 56.1 Å². The number of hydrogen-bond acceptors (Lipinski definition) is 12. The first-order chi connectivity index (χ1) is 25.7. The Morgan fingerprint density at radius 3 is 1.76 bits per heavy atom. The lowest BCUT2D eigenvalue weighted by Gasteiger charge is -2.45. The van der Waals surface area contributed by atoms with Crippen molar-refractivity contribution < 1.29 is 18.6 Å². The smallest absolute Gasteiger partial charge is 0.410 e. The van der Waals surface area contributed by atoms with E-state index in [4.69, 9.17) is 18.9 Å². The van der Waals surface area contributed by atoms with Crippen molar-refractivity contribution >= 4 is 40.3 Å².